The Morgan fingerprint density at radius 2 is 1.71 bits per heavy atom. The van der Waals surface area contributed by atoms with Crippen molar-refractivity contribution in [2.24, 2.45) is 0 Å². The number of ether oxygens (including phenoxy) is 1. The minimum atomic E-state index is -3.84. The van der Waals surface area contributed by atoms with Gasteiger partial charge in [-0.1, -0.05) is 12.5 Å². The smallest absolute Gasteiger partial charge is 0.261 e. The van der Waals surface area contributed by atoms with Crippen molar-refractivity contribution in [2.45, 2.75) is 24.2 Å². The number of hydrogen-bond acceptors (Lipinski definition) is 4. The van der Waals surface area contributed by atoms with Gasteiger partial charge in [-0.2, -0.15) is 4.31 Å². The van der Waals surface area contributed by atoms with Gasteiger partial charge in [0.05, 0.1) is 7.11 Å². The molecule has 0 saturated carbocycles. The third-order valence-electron chi connectivity index (χ3n) is 4.54. The summed E-state index contributed by atoms with van der Waals surface area (Å²) in [6.45, 7) is 0.811. The summed E-state index contributed by atoms with van der Waals surface area (Å²) >= 11 is 0. The Labute approximate surface area is 162 Å². The molecule has 1 saturated heterocycles. The molecule has 28 heavy (non-hydrogen) atoms. The molecule has 0 unspecified atom stereocenters. The molecule has 6 nitrogen and oxygen atoms in total. The second-order valence-corrected chi connectivity index (χ2v) is 8.29. The molecule has 9 heteroatoms. The minimum Gasteiger partial charge on any atom is -0.495 e. The van der Waals surface area contributed by atoms with Gasteiger partial charge in [0.15, 0.2) is 0 Å². The summed E-state index contributed by atoms with van der Waals surface area (Å²) in [6, 6.07) is 7.13. The van der Waals surface area contributed by atoms with Crippen LogP contribution in [0.3, 0.4) is 0 Å². The largest absolute Gasteiger partial charge is 0.495 e. The highest BCUT2D eigenvalue weighted by Crippen LogP contribution is 2.31. The van der Waals surface area contributed by atoms with Crippen LogP contribution in [-0.4, -0.2) is 38.8 Å². The summed E-state index contributed by atoms with van der Waals surface area (Å²) in [4.78, 5) is 12.2. The van der Waals surface area contributed by atoms with E-state index in [1.54, 1.807) is 0 Å². The van der Waals surface area contributed by atoms with E-state index >= 15 is 0 Å². The van der Waals surface area contributed by atoms with Gasteiger partial charge in [0.25, 0.3) is 5.91 Å². The lowest BCUT2D eigenvalue weighted by Crippen LogP contribution is -2.35. The average Bonchev–Trinajstić information content (AvgIpc) is 2.68. The van der Waals surface area contributed by atoms with Gasteiger partial charge in [0.2, 0.25) is 10.0 Å². The minimum absolute atomic E-state index is 0.0871. The fourth-order valence-electron chi connectivity index (χ4n) is 3.11. The predicted molar refractivity (Wildman–Crippen MR) is 99.9 cm³/mol. The van der Waals surface area contributed by atoms with Crippen LogP contribution in [0.1, 0.15) is 29.6 Å². The number of benzene rings is 2. The van der Waals surface area contributed by atoms with Gasteiger partial charge < -0.3 is 10.1 Å². The van der Waals surface area contributed by atoms with E-state index in [2.05, 4.69) is 5.32 Å². The molecule has 0 aliphatic carbocycles. The first-order valence-electron chi connectivity index (χ1n) is 8.78. The zero-order chi connectivity index (χ0) is 20.3. The first kappa shape index (κ1) is 20.2. The normalized spacial score (nSPS) is 15.2. The molecule has 1 aliphatic heterocycles. The van der Waals surface area contributed by atoms with Crippen LogP contribution in [0.4, 0.5) is 14.5 Å². The van der Waals surface area contributed by atoms with Gasteiger partial charge in [-0.05, 0) is 43.2 Å². The number of amides is 1. The van der Waals surface area contributed by atoms with E-state index in [0.717, 1.165) is 37.5 Å². The topological polar surface area (TPSA) is 75.7 Å². The number of hydrogen-bond donors (Lipinski definition) is 1. The number of anilines is 1. The molecule has 0 aromatic heterocycles. The Morgan fingerprint density at radius 3 is 2.32 bits per heavy atom. The predicted octanol–water partition coefficient (Wildman–Crippen LogP) is 3.40. The molecule has 0 spiro atoms. The van der Waals surface area contributed by atoms with Crippen molar-refractivity contribution < 1.29 is 26.7 Å². The van der Waals surface area contributed by atoms with Crippen LogP contribution in [0.5, 0.6) is 5.75 Å². The fourth-order valence-corrected chi connectivity index (χ4v) is 4.81. The van der Waals surface area contributed by atoms with Gasteiger partial charge in [-0.25, -0.2) is 17.2 Å². The maximum absolute atomic E-state index is 13.8. The van der Waals surface area contributed by atoms with Gasteiger partial charge in [0, 0.05) is 18.8 Å². The standard InChI is InChI=1S/C19H20F2N2O4S/c1-27-16-9-8-13(22-19(24)18-14(20)6-5-7-15(18)21)12-17(16)28(25,26)23-10-3-2-4-11-23/h5-9,12H,2-4,10-11H2,1H3,(H,22,24). The van der Waals surface area contributed by atoms with Crippen LogP contribution in [-0.2, 0) is 10.0 Å². The SMILES string of the molecule is COc1ccc(NC(=O)c2c(F)cccc2F)cc1S(=O)(=O)N1CCCCC1. The average molecular weight is 410 g/mol. The molecule has 1 heterocycles. The van der Waals surface area contributed by atoms with Crippen molar-refractivity contribution in [3.63, 3.8) is 0 Å². The van der Waals surface area contributed by atoms with E-state index in [1.165, 1.54) is 29.6 Å². The number of methoxy groups -OCH3 is 1. The third kappa shape index (κ3) is 4.00. The monoisotopic (exact) mass is 410 g/mol. The number of sulfonamides is 1. The van der Waals surface area contributed by atoms with E-state index in [4.69, 9.17) is 4.74 Å². The van der Waals surface area contributed by atoms with Gasteiger partial charge in [-0.3, -0.25) is 4.79 Å². The quantitative estimate of drug-likeness (QED) is 0.820. The summed E-state index contributed by atoms with van der Waals surface area (Å²) in [5, 5.41) is 2.35. The highest BCUT2D eigenvalue weighted by molar-refractivity contribution is 7.89. The van der Waals surface area contributed by atoms with Crippen LogP contribution < -0.4 is 10.1 Å². The van der Waals surface area contributed by atoms with Crippen LogP contribution in [0.25, 0.3) is 0 Å². The molecular weight excluding hydrogens is 390 g/mol. The molecule has 3 rings (SSSR count). The summed E-state index contributed by atoms with van der Waals surface area (Å²) in [7, 11) is -2.49. The molecule has 1 aliphatic rings. The maximum Gasteiger partial charge on any atom is 0.261 e. The lowest BCUT2D eigenvalue weighted by molar-refractivity contribution is 0.101. The number of carbonyl (C=O) groups excluding carboxylic acids is 1. The highest BCUT2D eigenvalue weighted by Gasteiger charge is 2.29. The van der Waals surface area contributed by atoms with Crippen molar-refractivity contribution in [3.8, 4) is 5.75 Å². The van der Waals surface area contributed by atoms with Crippen molar-refractivity contribution in [3.05, 3.63) is 53.6 Å². The molecule has 1 fully saturated rings. The molecular formula is C19H20F2N2O4S. The third-order valence-corrected chi connectivity index (χ3v) is 6.46. The Balaban J connectivity index is 1.94. The van der Waals surface area contributed by atoms with E-state index in [1.807, 2.05) is 0 Å². The first-order chi connectivity index (χ1) is 13.3. The first-order valence-corrected chi connectivity index (χ1v) is 10.2. The number of piperidine rings is 1. The highest BCUT2D eigenvalue weighted by atomic mass is 32.2. The van der Waals surface area contributed by atoms with E-state index in [0.29, 0.717) is 13.1 Å². The lowest BCUT2D eigenvalue weighted by Gasteiger charge is -2.26. The molecule has 1 amide bonds. The van der Waals surface area contributed by atoms with Crippen molar-refractivity contribution in [1.82, 2.24) is 4.31 Å². The van der Waals surface area contributed by atoms with Crippen LogP contribution in [0, 0.1) is 11.6 Å². The lowest BCUT2D eigenvalue weighted by atomic mass is 10.1. The number of halogens is 2. The molecule has 0 radical (unpaired) electrons. The zero-order valence-corrected chi connectivity index (χ0v) is 16.1. The number of rotatable bonds is 5. The van der Waals surface area contributed by atoms with Crippen LogP contribution in [0.2, 0.25) is 0 Å². The Bertz CT molecular complexity index is 969. The molecule has 150 valence electrons. The molecule has 2 aromatic rings. The van der Waals surface area contributed by atoms with E-state index < -0.39 is 33.1 Å². The van der Waals surface area contributed by atoms with Crippen LogP contribution in [0.15, 0.2) is 41.3 Å². The Kier molecular flexibility index (Phi) is 5.95. The molecule has 0 bridgehead atoms. The summed E-state index contributed by atoms with van der Waals surface area (Å²) in [6.07, 6.45) is 2.50. The van der Waals surface area contributed by atoms with E-state index in [-0.39, 0.29) is 16.3 Å². The number of nitrogens with one attached hydrogen (secondary N) is 1. The second-order valence-electron chi connectivity index (χ2n) is 6.38. The van der Waals surface area contributed by atoms with Crippen molar-refractivity contribution in [2.75, 3.05) is 25.5 Å². The fraction of sp³-hybridized carbons (Fsp3) is 0.316. The maximum atomic E-state index is 13.8. The number of nitrogens with zero attached hydrogens (tertiary/aromatic N) is 1. The Hall–Kier alpha value is -2.52. The van der Waals surface area contributed by atoms with Crippen LogP contribution >= 0.6 is 0 Å². The van der Waals surface area contributed by atoms with Gasteiger partial charge in [-0.15, -0.1) is 0 Å². The number of carbonyl (C=O) groups is 1. The second kappa shape index (κ2) is 8.24. The van der Waals surface area contributed by atoms with Crippen molar-refractivity contribution in [1.29, 1.82) is 0 Å². The van der Waals surface area contributed by atoms with Crippen molar-refractivity contribution >= 4 is 21.6 Å². The summed E-state index contributed by atoms with van der Waals surface area (Å²) in [5.74, 6) is -2.90. The van der Waals surface area contributed by atoms with Gasteiger partial charge in [0.1, 0.15) is 27.8 Å². The summed E-state index contributed by atoms with van der Waals surface area (Å²) < 4.78 is 60.2. The van der Waals surface area contributed by atoms with E-state index in [9.17, 15) is 22.0 Å². The summed E-state index contributed by atoms with van der Waals surface area (Å²) in [5.41, 5.74) is -0.650. The molecule has 1 N–H and O–H groups in total. The van der Waals surface area contributed by atoms with Gasteiger partial charge >= 0.3 is 0 Å². The zero-order valence-electron chi connectivity index (χ0n) is 15.2. The molecule has 2 aromatic carbocycles. The Morgan fingerprint density at radius 1 is 1.07 bits per heavy atom. The molecule has 0 atom stereocenters.